The molecule has 0 bridgehead atoms. The van der Waals surface area contributed by atoms with Gasteiger partial charge in [0.1, 0.15) is 12.3 Å². The van der Waals surface area contributed by atoms with Crippen LogP contribution in [-0.2, 0) is 15.3 Å². The number of morpholine rings is 1. The number of hydrogen-bond acceptors (Lipinski definition) is 7. The average molecular weight is 500 g/mol. The Morgan fingerprint density at radius 2 is 1.83 bits per heavy atom. The van der Waals surface area contributed by atoms with Gasteiger partial charge in [-0.3, -0.25) is 9.80 Å². The van der Waals surface area contributed by atoms with E-state index in [2.05, 4.69) is 59.6 Å². The first kappa shape index (κ1) is 21.9. The fraction of sp³-hybridized carbons (Fsp3) is 0.250. The number of aliphatic hydroxyl groups is 2. The van der Waals surface area contributed by atoms with Crippen molar-refractivity contribution in [3.05, 3.63) is 101 Å². The Hall–Kier alpha value is -3.30. The van der Waals surface area contributed by atoms with Gasteiger partial charge in [0.05, 0.1) is 19.3 Å². The summed E-state index contributed by atoms with van der Waals surface area (Å²) in [5, 5.41) is 27.5. The van der Waals surface area contributed by atoms with Gasteiger partial charge >= 0.3 is 0 Å². The van der Waals surface area contributed by atoms with Crippen LogP contribution in [0.25, 0.3) is 10.8 Å². The van der Waals surface area contributed by atoms with Crippen molar-refractivity contribution in [1.29, 1.82) is 0 Å². The maximum Gasteiger partial charge on any atom is 0.277 e. The highest BCUT2D eigenvalue weighted by molar-refractivity contribution is 7.98. The van der Waals surface area contributed by atoms with E-state index in [9.17, 15) is 15.0 Å². The molecule has 0 aliphatic carbocycles. The predicted molar refractivity (Wildman–Crippen MR) is 137 cm³/mol. The Morgan fingerprint density at radius 1 is 1.00 bits per heavy atom. The molecule has 4 heterocycles. The fourth-order valence-electron chi connectivity index (χ4n) is 5.82. The van der Waals surface area contributed by atoms with Crippen LogP contribution in [0, 0.1) is 0 Å². The topological polar surface area (TPSA) is 76.5 Å². The van der Waals surface area contributed by atoms with Gasteiger partial charge in [-0.25, -0.2) is 0 Å². The Kier molecular flexibility index (Phi) is 5.11. The Morgan fingerprint density at radius 3 is 2.75 bits per heavy atom. The van der Waals surface area contributed by atoms with Gasteiger partial charge in [-0.15, -0.1) is 11.8 Å². The molecule has 0 saturated carbocycles. The zero-order valence-electron chi connectivity index (χ0n) is 19.4. The first-order valence-corrected chi connectivity index (χ1v) is 13.1. The highest BCUT2D eigenvalue weighted by atomic mass is 32.2. The summed E-state index contributed by atoms with van der Waals surface area (Å²) in [4.78, 5) is 16.5. The number of carbonyl (C=O) groups excluding carboxylic acids is 1. The summed E-state index contributed by atoms with van der Waals surface area (Å²) in [6, 6.07) is 20.9. The normalized spacial score (nSPS) is 25.8. The third-order valence-electron chi connectivity index (χ3n) is 7.50. The minimum absolute atomic E-state index is 0.0971. The minimum atomic E-state index is -1.21. The summed E-state index contributed by atoms with van der Waals surface area (Å²) in [6.07, 6.45) is 1.62. The first-order chi connectivity index (χ1) is 17.6. The zero-order valence-corrected chi connectivity index (χ0v) is 20.3. The monoisotopic (exact) mass is 499 g/mol. The number of hydrogen-bond donors (Lipinski definition) is 2. The van der Waals surface area contributed by atoms with Gasteiger partial charge in [0, 0.05) is 23.4 Å². The van der Waals surface area contributed by atoms with Gasteiger partial charge in [0.25, 0.3) is 5.91 Å². The second kappa shape index (κ2) is 8.38. The Labute approximate surface area is 212 Å². The molecule has 1 amide bonds. The van der Waals surface area contributed by atoms with Crippen molar-refractivity contribution < 1.29 is 19.7 Å². The number of aliphatic hydroxyl groups excluding tert-OH is 2. The van der Waals surface area contributed by atoms with Crippen molar-refractivity contribution in [2.24, 2.45) is 0 Å². The molecule has 7 rings (SSSR count). The Balaban J connectivity index is 1.50. The summed E-state index contributed by atoms with van der Waals surface area (Å²) >= 11 is 1.82. The van der Waals surface area contributed by atoms with E-state index in [1.54, 1.807) is 16.1 Å². The summed E-state index contributed by atoms with van der Waals surface area (Å²) < 4.78 is 5.89. The van der Waals surface area contributed by atoms with E-state index >= 15 is 0 Å². The van der Waals surface area contributed by atoms with E-state index in [0.717, 1.165) is 16.9 Å². The average Bonchev–Trinajstić information content (AvgIpc) is 3.08. The molecule has 7 nitrogen and oxygen atoms in total. The number of rotatable bonds is 1. The Bertz CT molecular complexity index is 1450. The van der Waals surface area contributed by atoms with Crippen molar-refractivity contribution in [3.8, 4) is 0 Å². The van der Waals surface area contributed by atoms with Crippen LogP contribution in [0.5, 0.6) is 0 Å². The lowest BCUT2D eigenvalue weighted by Crippen LogP contribution is -2.67. The first-order valence-electron chi connectivity index (χ1n) is 12.1. The summed E-state index contributed by atoms with van der Waals surface area (Å²) in [5.41, 5.74) is 3.65. The molecule has 0 spiro atoms. The van der Waals surface area contributed by atoms with E-state index in [1.807, 2.05) is 17.8 Å². The maximum atomic E-state index is 13.5. The van der Waals surface area contributed by atoms with Crippen LogP contribution in [0.3, 0.4) is 0 Å². The molecule has 2 fully saturated rings. The van der Waals surface area contributed by atoms with Crippen LogP contribution in [0.1, 0.15) is 22.7 Å². The second-order valence-corrected chi connectivity index (χ2v) is 10.4. The molecule has 8 heteroatoms. The van der Waals surface area contributed by atoms with Crippen molar-refractivity contribution in [1.82, 2.24) is 14.9 Å². The number of amides is 1. The molecule has 2 saturated heterocycles. The van der Waals surface area contributed by atoms with Crippen LogP contribution in [0.4, 0.5) is 0 Å². The van der Waals surface area contributed by atoms with Crippen molar-refractivity contribution in [2.75, 3.05) is 19.8 Å². The number of thioether (sulfide) groups is 1. The molecule has 0 aromatic heterocycles. The second-order valence-electron chi connectivity index (χ2n) is 9.38. The lowest BCUT2D eigenvalue weighted by molar-refractivity contribution is -0.190. The highest BCUT2D eigenvalue weighted by Gasteiger charge is 2.50. The standard InChI is InChI=1S/C28H25N3O4S/c32-22-11-12-30-26(27(22)33)28(34)29-13-14-35-15-24(29)31(30)25-19-10-9-17-5-1-2-6-18(17)21(19)16-36-23-8-4-3-7-20(23)25/h1-12,22,24-25,32-33H,13-16H2. The van der Waals surface area contributed by atoms with Crippen LogP contribution < -0.4 is 0 Å². The van der Waals surface area contributed by atoms with Gasteiger partial charge in [-0.05, 0) is 39.6 Å². The summed E-state index contributed by atoms with van der Waals surface area (Å²) in [5.74, 6) is 0.201. The molecule has 4 aliphatic heterocycles. The van der Waals surface area contributed by atoms with Gasteiger partial charge in [-0.1, -0.05) is 54.6 Å². The molecular weight excluding hydrogens is 474 g/mol. The molecular formula is C28H25N3O4S. The number of nitrogens with zero attached hydrogens (tertiary/aromatic N) is 3. The van der Waals surface area contributed by atoms with E-state index in [4.69, 9.17) is 4.74 Å². The molecule has 3 atom stereocenters. The summed E-state index contributed by atoms with van der Waals surface area (Å²) in [7, 11) is 0. The quantitative estimate of drug-likeness (QED) is 0.526. The van der Waals surface area contributed by atoms with Crippen LogP contribution in [0.15, 0.2) is 89.3 Å². The molecule has 4 aliphatic rings. The number of fused-ring (bicyclic) bond motifs is 6. The summed E-state index contributed by atoms with van der Waals surface area (Å²) in [6.45, 7) is 1.19. The van der Waals surface area contributed by atoms with Crippen LogP contribution >= 0.6 is 11.8 Å². The van der Waals surface area contributed by atoms with Crippen LogP contribution in [0.2, 0.25) is 0 Å². The fourth-order valence-corrected chi connectivity index (χ4v) is 6.96. The van der Waals surface area contributed by atoms with Gasteiger partial charge in [0.15, 0.2) is 11.5 Å². The molecule has 182 valence electrons. The largest absolute Gasteiger partial charge is 0.507 e. The van der Waals surface area contributed by atoms with Crippen LogP contribution in [-0.4, -0.2) is 63.1 Å². The highest BCUT2D eigenvalue weighted by Crippen LogP contribution is 2.48. The van der Waals surface area contributed by atoms with E-state index in [1.165, 1.54) is 27.3 Å². The van der Waals surface area contributed by atoms with Gasteiger partial charge in [0.2, 0.25) is 0 Å². The van der Waals surface area contributed by atoms with Gasteiger partial charge in [-0.2, -0.15) is 5.01 Å². The lowest BCUT2D eigenvalue weighted by atomic mass is 9.90. The lowest BCUT2D eigenvalue weighted by Gasteiger charge is -2.55. The number of carbonyl (C=O) groups is 1. The zero-order chi connectivity index (χ0) is 24.4. The maximum absolute atomic E-state index is 13.5. The molecule has 3 aromatic rings. The minimum Gasteiger partial charge on any atom is -0.507 e. The van der Waals surface area contributed by atoms with E-state index in [0.29, 0.717) is 19.8 Å². The number of benzene rings is 3. The molecule has 36 heavy (non-hydrogen) atoms. The third kappa shape index (κ3) is 3.15. The van der Waals surface area contributed by atoms with Crippen molar-refractivity contribution >= 4 is 28.4 Å². The predicted octanol–water partition coefficient (Wildman–Crippen LogP) is 3.91. The van der Waals surface area contributed by atoms with Crippen molar-refractivity contribution in [3.63, 3.8) is 0 Å². The van der Waals surface area contributed by atoms with E-state index in [-0.39, 0.29) is 29.6 Å². The van der Waals surface area contributed by atoms with Crippen molar-refractivity contribution in [2.45, 2.75) is 29.0 Å². The smallest absolute Gasteiger partial charge is 0.277 e. The number of ether oxygens (including phenoxy) is 1. The van der Waals surface area contributed by atoms with E-state index < -0.39 is 6.10 Å². The molecule has 2 N–H and O–H groups in total. The number of hydrazine groups is 1. The van der Waals surface area contributed by atoms with Gasteiger partial charge < -0.3 is 19.8 Å². The molecule has 0 radical (unpaired) electrons. The SMILES string of the molecule is O=C1C2=C(O)C(O)C=CN2N(C2c3ccccc3SCc3c2ccc2ccccc32)C2COCCN12. The molecule has 3 unspecified atom stereocenters. The molecule has 3 aromatic carbocycles. The third-order valence-corrected chi connectivity index (χ3v) is 8.62.